The van der Waals surface area contributed by atoms with E-state index in [4.69, 9.17) is 0 Å². The van der Waals surface area contributed by atoms with Crippen molar-refractivity contribution in [1.82, 2.24) is 0 Å². The Morgan fingerprint density at radius 2 is 0.717 bits per heavy atom. The Morgan fingerprint density at radius 1 is 0.434 bits per heavy atom. The summed E-state index contributed by atoms with van der Waals surface area (Å²) >= 11 is 5.81. The van der Waals surface area contributed by atoms with Crippen molar-refractivity contribution in [2.45, 2.75) is 57.3 Å². The average Bonchev–Trinajstić information content (AvgIpc) is 3.92. The van der Waals surface area contributed by atoms with Crippen LogP contribution >= 0.6 is 68.0 Å². The highest BCUT2D eigenvalue weighted by atomic mass is 32.1. The first-order valence-electron chi connectivity index (χ1n) is 15.7. The Labute approximate surface area is 322 Å². The van der Waals surface area contributed by atoms with Crippen LogP contribution in [0.4, 0.5) is 26.3 Å². The molecular weight excluding hydrogens is 815 g/mol. The smallest absolute Gasteiger partial charge is 0.294 e. The number of ketones is 4. The highest BCUT2D eigenvalue weighted by molar-refractivity contribution is 7.28. The van der Waals surface area contributed by atoms with Gasteiger partial charge in [0.05, 0.1) is 31.3 Å². The Bertz CT molecular complexity index is 2290. The Balaban J connectivity index is 1.51. The second-order valence-corrected chi connectivity index (χ2v) is 18.9. The number of carbonyl (C=O) groups is 4. The zero-order chi connectivity index (χ0) is 38.4. The maximum atomic E-state index is 16.5. The third kappa shape index (κ3) is 6.15. The second-order valence-electron chi connectivity index (χ2n) is 12.4. The molecule has 0 aromatic carbocycles. The predicted molar refractivity (Wildman–Crippen MR) is 202 cm³/mol. The van der Waals surface area contributed by atoms with Crippen molar-refractivity contribution >= 4 is 91.2 Å². The minimum Gasteiger partial charge on any atom is -0.294 e. The molecule has 0 saturated heterocycles. The zero-order valence-corrected chi connectivity index (χ0v) is 32.7. The van der Waals surface area contributed by atoms with Gasteiger partial charge in [0.1, 0.15) is 0 Å². The summed E-state index contributed by atoms with van der Waals surface area (Å²) in [5.41, 5.74) is -0.897. The Morgan fingerprint density at radius 3 is 1.00 bits per heavy atom. The van der Waals surface area contributed by atoms with Gasteiger partial charge in [0.25, 0.3) is 0 Å². The Hall–Kier alpha value is -3.54. The highest BCUT2D eigenvalue weighted by Gasteiger charge is 2.85. The van der Waals surface area contributed by atoms with Gasteiger partial charge in [0, 0.05) is 39.0 Å². The fraction of sp³-hybridized carbons (Fsp3) is 0.243. The van der Waals surface area contributed by atoms with Crippen LogP contribution in [-0.4, -0.2) is 40.9 Å². The first-order valence-corrected chi connectivity index (χ1v) is 20.6. The first kappa shape index (κ1) is 37.8. The largest absolute Gasteiger partial charge is 0.373 e. The molecule has 0 spiro atoms. The number of halogens is 6. The van der Waals surface area contributed by atoms with E-state index in [9.17, 15) is 19.2 Å². The first-order chi connectivity index (χ1) is 24.8. The van der Waals surface area contributed by atoms with E-state index in [1.807, 2.05) is 0 Å². The lowest BCUT2D eigenvalue weighted by atomic mass is 9.81. The maximum absolute atomic E-state index is 16.5. The molecule has 0 N–H and O–H groups in total. The van der Waals surface area contributed by atoms with Crippen molar-refractivity contribution in [3.05, 3.63) is 91.3 Å². The summed E-state index contributed by atoms with van der Waals surface area (Å²) in [5, 5.41) is 0. The van der Waals surface area contributed by atoms with E-state index in [1.54, 1.807) is 12.1 Å². The van der Waals surface area contributed by atoms with Gasteiger partial charge in [-0.25, -0.2) is 0 Å². The average molecular weight is 839 g/mol. The molecule has 2 atom stereocenters. The molecule has 2 unspecified atom stereocenters. The summed E-state index contributed by atoms with van der Waals surface area (Å²) in [4.78, 5) is 51.9. The number of carbonyl (C=O) groups excluding carboxylic acids is 4. The lowest BCUT2D eigenvalue weighted by Crippen LogP contribution is -2.48. The molecule has 6 aromatic heterocycles. The predicted octanol–water partition coefficient (Wildman–Crippen LogP) is 13.3. The number of hydrogen-bond acceptors (Lipinski definition) is 10. The van der Waals surface area contributed by atoms with Crippen LogP contribution < -0.4 is 0 Å². The molecule has 7 rings (SSSR count). The van der Waals surface area contributed by atoms with Crippen molar-refractivity contribution in [2.75, 3.05) is 0 Å². The summed E-state index contributed by atoms with van der Waals surface area (Å²) < 4.78 is 97.8. The van der Waals surface area contributed by atoms with Crippen LogP contribution in [0.3, 0.4) is 0 Å². The van der Waals surface area contributed by atoms with Gasteiger partial charge in [-0.2, -0.15) is 26.3 Å². The third-order valence-electron chi connectivity index (χ3n) is 8.89. The zero-order valence-electron chi connectivity index (χ0n) is 27.8. The van der Waals surface area contributed by atoms with E-state index < -0.39 is 40.7 Å². The number of rotatable bonds is 10. The number of thiophene rings is 6. The minimum atomic E-state index is -5.80. The van der Waals surface area contributed by atoms with Crippen LogP contribution in [0.5, 0.6) is 0 Å². The van der Waals surface area contributed by atoms with Gasteiger partial charge in [0.2, 0.25) is 0 Å². The molecule has 0 radical (unpaired) electrons. The molecule has 1 aliphatic rings. The van der Waals surface area contributed by atoms with Gasteiger partial charge in [-0.3, -0.25) is 19.2 Å². The molecule has 53 heavy (non-hydrogen) atoms. The van der Waals surface area contributed by atoms with Gasteiger partial charge in [0.15, 0.2) is 23.1 Å². The van der Waals surface area contributed by atoms with Crippen molar-refractivity contribution in [3.8, 4) is 39.0 Å². The van der Waals surface area contributed by atoms with Crippen LogP contribution in [0.1, 0.15) is 89.3 Å². The van der Waals surface area contributed by atoms with Crippen LogP contribution in [-0.2, 0) is 0 Å². The van der Waals surface area contributed by atoms with E-state index >= 15 is 26.3 Å². The maximum Gasteiger partial charge on any atom is 0.373 e. The lowest BCUT2D eigenvalue weighted by molar-refractivity contribution is -0.274. The van der Waals surface area contributed by atoms with Crippen molar-refractivity contribution in [1.29, 1.82) is 0 Å². The fourth-order valence-corrected chi connectivity index (χ4v) is 12.7. The van der Waals surface area contributed by atoms with Crippen LogP contribution in [0.15, 0.2) is 60.7 Å². The monoisotopic (exact) mass is 838 g/mol. The van der Waals surface area contributed by atoms with Crippen LogP contribution in [0, 0.1) is 0 Å². The summed E-state index contributed by atoms with van der Waals surface area (Å²) in [6.07, 6.45) is 0. The third-order valence-corrected chi connectivity index (χ3v) is 16.7. The SMILES string of the molecule is CC(=O)c1ccc(-c2cc(C3C(c4cc(-c5ccc(C(C)=O)s5)sc4-c4ccc(C(C)=O)s4)C(F)(F)C(F)(F)C3(F)F)c(-c3ccc(C(C)=O)s3)s2)s1. The molecule has 0 bridgehead atoms. The van der Waals surface area contributed by atoms with Crippen molar-refractivity contribution in [3.63, 3.8) is 0 Å². The van der Waals surface area contributed by atoms with Crippen molar-refractivity contribution in [2.24, 2.45) is 0 Å². The summed E-state index contributed by atoms with van der Waals surface area (Å²) in [6, 6.07) is 14.5. The number of alkyl halides is 6. The van der Waals surface area contributed by atoms with E-state index in [0.29, 0.717) is 29.3 Å². The summed E-state index contributed by atoms with van der Waals surface area (Å²) in [7, 11) is 0. The molecule has 16 heteroatoms. The topological polar surface area (TPSA) is 68.3 Å². The molecule has 6 heterocycles. The number of Topliss-reactive ketones (excluding diaryl/α,β-unsaturated/α-hetero) is 4. The standard InChI is InChI=1S/C37H24F6O4S6/c1-15(44)21-5-9-25(48-21)29-13-19(33(52-29)27-11-7-23(50-27)17(3)46)31-32(36(40,41)37(42,43)35(31,38)39)20-14-30(26-10-6-22(49-26)16(2)45)53-34(20)28-12-8-24(51-28)18(4)47/h5-14,31-32H,1-4H3. The summed E-state index contributed by atoms with van der Waals surface area (Å²) in [6.45, 7) is 5.30. The molecule has 274 valence electrons. The lowest BCUT2D eigenvalue weighted by Gasteiger charge is -2.25. The molecule has 6 aromatic rings. The fourth-order valence-electron chi connectivity index (χ4n) is 6.30. The molecule has 1 saturated carbocycles. The van der Waals surface area contributed by atoms with E-state index in [-0.39, 0.29) is 52.4 Å². The number of hydrogen-bond donors (Lipinski definition) is 0. The highest BCUT2D eigenvalue weighted by Crippen LogP contribution is 2.71. The molecule has 4 nitrogen and oxygen atoms in total. The molecule has 1 aliphatic carbocycles. The minimum absolute atomic E-state index is 0.0230. The van der Waals surface area contributed by atoms with Gasteiger partial charge in [-0.05, 0) is 99.5 Å². The normalized spacial score (nSPS) is 18.8. The molecular formula is C37H24F6O4S6. The van der Waals surface area contributed by atoms with E-state index in [2.05, 4.69) is 0 Å². The van der Waals surface area contributed by atoms with Crippen molar-refractivity contribution < 1.29 is 45.5 Å². The van der Waals surface area contributed by atoms with Gasteiger partial charge < -0.3 is 0 Å². The quantitative estimate of drug-likeness (QED) is 0.102. The molecule has 1 fully saturated rings. The van der Waals surface area contributed by atoms with Crippen LogP contribution in [0.25, 0.3) is 39.0 Å². The van der Waals surface area contributed by atoms with Crippen LogP contribution in [0.2, 0.25) is 0 Å². The van der Waals surface area contributed by atoms with Gasteiger partial charge in [-0.15, -0.1) is 68.0 Å². The van der Waals surface area contributed by atoms with E-state index in [1.165, 1.54) is 76.2 Å². The Kier molecular flexibility index (Phi) is 9.50. The van der Waals surface area contributed by atoms with Gasteiger partial charge in [-0.1, -0.05) is 0 Å². The molecule has 0 amide bonds. The summed E-state index contributed by atoms with van der Waals surface area (Å²) in [5.74, 6) is -23.1. The van der Waals surface area contributed by atoms with Gasteiger partial charge >= 0.3 is 17.8 Å². The molecule has 0 aliphatic heterocycles. The van der Waals surface area contributed by atoms with E-state index in [0.717, 1.165) is 68.0 Å². The second kappa shape index (κ2) is 13.3.